The van der Waals surface area contributed by atoms with E-state index in [1.54, 1.807) is 27.7 Å². The molecule has 9 atom stereocenters. The Hall–Kier alpha value is -2.28. The lowest BCUT2D eigenvalue weighted by atomic mass is 9.86. The summed E-state index contributed by atoms with van der Waals surface area (Å²) in [6, 6.07) is -3.75. The van der Waals surface area contributed by atoms with E-state index in [9.17, 15) is 34.5 Å². The van der Waals surface area contributed by atoms with Crippen molar-refractivity contribution in [3.8, 4) is 0 Å². The van der Waals surface area contributed by atoms with Crippen molar-refractivity contribution >= 4 is 23.7 Å². The zero-order valence-electron chi connectivity index (χ0n) is 29.3. The summed E-state index contributed by atoms with van der Waals surface area (Å²) < 4.78 is 11.2. The number of hydrogen-bond donors (Lipinski definition) is 6. The average Bonchev–Trinajstić information content (AvgIpc) is 3.00. The Balaban J connectivity index is 3.18. The number of rotatable bonds is 16. The Labute approximate surface area is 276 Å². The van der Waals surface area contributed by atoms with Crippen LogP contribution in [0.3, 0.4) is 0 Å². The minimum absolute atomic E-state index is 0.380. The van der Waals surface area contributed by atoms with Crippen LogP contribution < -0.4 is 16.0 Å². The van der Waals surface area contributed by atoms with Crippen LogP contribution in [0.25, 0.3) is 0 Å². The lowest BCUT2D eigenvalue weighted by molar-refractivity contribution is -0.188. The van der Waals surface area contributed by atoms with Gasteiger partial charge in [-0.3, -0.25) is 19.2 Å². The fraction of sp³-hybridized carbons (Fsp3) is 0.882. The maximum atomic E-state index is 13.3. The van der Waals surface area contributed by atoms with Crippen LogP contribution in [0.2, 0.25) is 0 Å². The minimum atomic E-state index is -1.67. The quantitative estimate of drug-likeness (QED) is 0.107. The van der Waals surface area contributed by atoms with Gasteiger partial charge in [0.25, 0.3) is 0 Å². The third kappa shape index (κ3) is 15.1. The second-order valence-corrected chi connectivity index (χ2v) is 13.4. The van der Waals surface area contributed by atoms with E-state index in [2.05, 4.69) is 22.9 Å². The first-order valence-corrected chi connectivity index (χ1v) is 17.4. The number of aliphatic hydroxyl groups excluding tert-OH is 3. The van der Waals surface area contributed by atoms with Crippen molar-refractivity contribution in [3.05, 3.63) is 0 Å². The number of carbonyl (C=O) groups excluding carboxylic acids is 4. The summed E-state index contributed by atoms with van der Waals surface area (Å²) in [6.45, 7) is 11.0. The van der Waals surface area contributed by atoms with Gasteiger partial charge in [-0.1, -0.05) is 105 Å². The molecule has 12 nitrogen and oxygen atoms in total. The van der Waals surface area contributed by atoms with Crippen molar-refractivity contribution in [1.82, 2.24) is 16.0 Å². The number of nitrogens with one attached hydrogen (secondary N) is 3. The van der Waals surface area contributed by atoms with Crippen LogP contribution >= 0.6 is 0 Å². The highest BCUT2D eigenvalue weighted by Crippen LogP contribution is 2.26. The van der Waals surface area contributed by atoms with Crippen LogP contribution in [-0.2, 0) is 28.7 Å². The molecule has 9 unspecified atom stereocenters. The summed E-state index contributed by atoms with van der Waals surface area (Å²) in [5, 5.41) is 40.6. The normalized spacial score (nSPS) is 29.2. The molecule has 0 aliphatic carbocycles. The summed E-state index contributed by atoms with van der Waals surface area (Å²) in [7, 11) is 0. The van der Waals surface area contributed by atoms with Crippen molar-refractivity contribution in [1.29, 1.82) is 0 Å². The molecule has 6 N–H and O–H groups in total. The van der Waals surface area contributed by atoms with E-state index >= 15 is 0 Å². The molecule has 0 aromatic carbocycles. The van der Waals surface area contributed by atoms with E-state index in [0.29, 0.717) is 6.42 Å². The summed E-state index contributed by atoms with van der Waals surface area (Å²) in [4.78, 5) is 51.4. The Kier molecular flexibility index (Phi) is 20.3. The number of carbonyl (C=O) groups is 4. The number of amides is 3. The first-order chi connectivity index (χ1) is 21.7. The zero-order valence-corrected chi connectivity index (χ0v) is 29.3. The molecule has 0 aromatic rings. The van der Waals surface area contributed by atoms with Crippen molar-refractivity contribution < 1.29 is 44.0 Å². The first-order valence-electron chi connectivity index (χ1n) is 17.4. The van der Waals surface area contributed by atoms with Crippen LogP contribution in [0.15, 0.2) is 0 Å². The third-order valence-corrected chi connectivity index (χ3v) is 8.90. The fourth-order valence-electron chi connectivity index (χ4n) is 5.71. The molecule has 0 spiro atoms. The predicted molar refractivity (Wildman–Crippen MR) is 175 cm³/mol. The van der Waals surface area contributed by atoms with Crippen molar-refractivity contribution in [3.63, 3.8) is 0 Å². The molecule has 0 aromatic heterocycles. The average molecular weight is 658 g/mol. The van der Waals surface area contributed by atoms with Crippen LogP contribution in [0.4, 0.5) is 0 Å². The third-order valence-electron chi connectivity index (χ3n) is 8.90. The van der Waals surface area contributed by atoms with E-state index in [1.807, 2.05) is 0 Å². The summed E-state index contributed by atoms with van der Waals surface area (Å²) >= 11 is 0. The fourth-order valence-corrected chi connectivity index (χ4v) is 5.71. The van der Waals surface area contributed by atoms with Gasteiger partial charge in [0.05, 0.1) is 24.2 Å². The Morgan fingerprint density at radius 3 is 1.80 bits per heavy atom. The van der Waals surface area contributed by atoms with Gasteiger partial charge in [0.15, 0.2) is 6.29 Å². The molecule has 0 saturated carbocycles. The van der Waals surface area contributed by atoms with Gasteiger partial charge in [-0.25, -0.2) is 0 Å². The van der Waals surface area contributed by atoms with Crippen LogP contribution in [0.5, 0.6) is 0 Å². The second kappa shape index (κ2) is 22.3. The summed E-state index contributed by atoms with van der Waals surface area (Å²) in [5.74, 6) is -4.66. The minimum Gasteiger partial charge on any atom is -0.463 e. The number of unbranched alkanes of at least 4 members (excludes halogenated alkanes) is 10. The van der Waals surface area contributed by atoms with Crippen LogP contribution in [0.1, 0.15) is 126 Å². The van der Waals surface area contributed by atoms with Gasteiger partial charge in [0.2, 0.25) is 17.7 Å². The Bertz CT molecular complexity index is 916. The van der Waals surface area contributed by atoms with Gasteiger partial charge in [-0.15, -0.1) is 0 Å². The SMILES string of the molecule is CCCCCCCCCCCCCC1OC(O)C(COC(C)=O)NC(=O)C(C(C)O)NC(=O)C(C(C)C)NC(=O)C(C)C(O)C1C. The van der Waals surface area contributed by atoms with Gasteiger partial charge in [0, 0.05) is 12.8 Å². The molecular weight excluding hydrogens is 594 g/mol. The molecule has 268 valence electrons. The lowest BCUT2D eigenvalue weighted by Gasteiger charge is -2.34. The van der Waals surface area contributed by atoms with Crippen molar-refractivity contribution in [2.24, 2.45) is 17.8 Å². The monoisotopic (exact) mass is 657 g/mol. The molecule has 1 aliphatic rings. The second-order valence-electron chi connectivity index (χ2n) is 13.4. The Morgan fingerprint density at radius 1 is 0.804 bits per heavy atom. The largest absolute Gasteiger partial charge is 0.463 e. The number of ether oxygens (including phenoxy) is 2. The molecule has 1 aliphatic heterocycles. The molecule has 0 bridgehead atoms. The zero-order chi connectivity index (χ0) is 34.8. The number of hydrogen-bond acceptors (Lipinski definition) is 9. The van der Waals surface area contributed by atoms with Gasteiger partial charge in [-0.2, -0.15) is 0 Å². The highest BCUT2D eigenvalue weighted by molar-refractivity contribution is 5.93. The van der Waals surface area contributed by atoms with Crippen LogP contribution in [0, 0.1) is 17.8 Å². The molecule has 1 fully saturated rings. The van der Waals surface area contributed by atoms with E-state index in [4.69, 9.17) is 9.47 Å². The first kappa shape index (κ1) is 41.7. The molecule has 12 heteroatoms. The van der Waals surface area contributed by atoms with Crippen LogP contribution in [-0.4, -0.2) is 88.3 Å². The number of esters is 1. The topological polar surface area (TPSA) is 184 Å². The smallest absolute Gasteiger partial charge is 0.302 e. The van der Waals surface area contributed by atoms with E-state index in [1.165, 1.54) is 58.8 Å². The standard InChI is InChI=1S/C34H63N3O9/c1-8-9-10-11-12-13-14-15-16-17-18-19-27-22(4)30(40)23(5)31(41)36-28(21(2)3)32(42)37-29(24(6)38)33(43)35-26(34(44)46-27)20-45-25(7)39/h21-24,26-30,34,38,40,44H,8-20H2,1-7H3,(H,35,43)(H,36,41)(H,37,42). The lowest BCUT2D eigenvalue weighted by Crippen LogP contribution is -2.61. The van der Waals surface area contributed by atoms with E-state index in [-0.39, 0.29) is 5.92 Å². The van der Waals surface area contributed by atoms with E-state index in [0.717, 1.165) is 25.7 Å². The van der Waals surface area contributed by atoms with Crippen molar-refractivity contribution in [2.75, 3.05) is 6.61 Å². The molecule has 1 heterocycles. The maximum absolute atomic E-state index is 13.3. The molecule has 0 radical (unpaired) electrons. The predicted octanol–water partition coefficient (Wildman–Crippen LogP) is 3.09. The Morgan fingerprint density at radius 2 is 1.30 bits per heavy atom. The molecular formula is C34H63N3O9. The highest BCUT2D eigenvalue weighted by Gasteiger charge is 2.39. The molecule has 1 saturated heterocycles. The number of aliphatic hydroxyl groups is 3. The van der Waals surface area contributed by atoms with E-state index < -0.39 is 84.9 Å². The molecule has 3 amide bonds. The van der Waals surface area contributed by atoms with Gasteiger partial charge >= 0.3 is 5.97 Å². The molecule has 1 rings (SSSR count). The molecule has 46 heavy (non-hydrogen) atoms. The van der Waals surface area contributed by atoms with Gasteiger partial charge in [0.1, 0.15) is 24.7 Å². The highest BCUT2D eigenvalue weighted by atomic mass is 16.6. The summed E-state index contributed by atoms with van der Waals surface area (Å²) in [5.41, 5.74) is 0. The summed E-state index contributed by atoms with van der Waals surface area (Å²) in [6.07, 6.45) is 8.23. The maximum Gasteiger partial charge on any atom is 0.302 e. The van der Waals surface area contributed by atoms with Gasteiger partial charge in [-0.05, 0) is 19.3 Å². The van der Waals surface area contributed by atoms with Gasteiger partial charge < -0.3 is 40.7 Å². The van der Waals surface area contributed by atoms with Crippen molar-refractivity contribution in [2.45, 2.75) is 168 Å².